The molecule has 2 aromatic rings. The van der Waals surface area contributed by atoms with Crippen LogP contribution in [0.1, 0.15) is 32.6 Å². The van der Waals surface area contributed by atoms with Crippen LogP contribution >= 0.6 is 0 Å². The molecule has 2 N–H and O–H groups in total. The molecule has 1 aromatic heterocycles. The summed E-state index contributed by atoms with van der Waals surface area (Å²) in [5, 5.41) is 1.70. The average molecular weight is 256 g/mol. The van der Waals surface area contributed by atoms with E-state index in [2.05, 4.69) is 6.92 Å². The zero-order valence-electron chi connectivity index (χ0n) is 11.4. The van der Waals surface area contributed by atoms with E-state index in [1.807, 2.05) is 30.3 Å². The Labute approximate surface area is 113 Å². The van der Waals surface area contributed by atoms with Crippen LogP contribution in [-0.4, -0.2) is 4.57 Å². The molecule has 1 fully saturated rings. The van der Waals surface area contributed by atoms with E-state index in [1.165, 1.54) is 25.7 Å². The number of fused-ring (bicyclic) bond motifs is 1. The quantitative estimate of drug-likeness (QED) is 0.913. The second-order valence-electron chi connectivity index (χ2n) is 5.80. The summed E-state index contributed by atoms with van der Waals surface area (Å²) in [6.45, 7) is 2.98. The van der Waals surface area contributed by atoms with E-state index >= 15 is 0 Å². The Bertz CT molecular complexity index is 668. The molecule has 0 atom stereocenters. The van der Waals surface area contributed by atoms with Crippen molar-refractivity contribution in [2.45, 2.75) is 39.2 Å². The smallest absolute Gasteiger partial charge is 0.259 e. The van der Waals surface area contributed by atoms with Crippen molar-refractivity contribution in [1.29, 1.82) is 0 Å². The molecule has 1 aliphatic rings. The van der Waals surface area contributed by atoms with Crippen LogP contribution in [0.15, 0.2) is 35.1 Å². The monoisotopic (exact) mass is 256 g/mol. The van der Waals surface area contributed by atoms with E-state index in [9.17, 15) is 4.79 Å². The Balaban J connectivity index is 2.06. The molecule has 100 valence electrons. The highest BCUT2D eigenvalue weighted by Gasteiger charge is 2.42. The van der Waals surface area contributed by atoms with Crippen LogP contribution in [0.25, 0.3) is 10.8 Å². The van der Waals surface area contributed by atoms with Crippen molar-refractivity contribution in [3.63, 3.8) is 0 Å². The fraction of sp³-hybridized carbons (Fsp3) is 0.438. The van der Waals surface area contributed by atoms with Crippen molar-refractivity contribution in [1.82, 2.24) is 4.57 Å². The highest BCUT2D eigenvalue weighted by molar-refractivity contribution is 5.83. The van der Waals surface area contributed by atoms with Gasteiger partial charge in [0.1, 0.15) is 5.82 Å². The van der Waals surface area contributed by atoms with Crippen LogP contribution in [-0.2, 0) is 6.54 Å². The van der Waals surface area contributed by atoms with Gasteiger partial charge in [-0.05, 0) is 42.2 Å². The van der Waals surface area contributed by atoms with Gasteiger partial charge in [-0.25, -0.2) is 0 Å². The van der Waals surface area contributed by atoms with Crippen molar-refractivity contribution in [3.05, 3.63) is 40.7 Å². The Hall–Kier alpha value is -1.77. The molecule has 19 heavy (non-hydrogen) atoms. The molecule has 1 heterocycles. The first-order chi connectivity index (χ1) is 9.15. The van der Waals surface area contributed by atoms with Gasteiger partial charge in [0, 0.05) is 11.9 Å². The van der Waals surface area contributed by atoms with Gasteiger partial charge in [0.05, 0.1) is 0 Å². The predicted octanol–water partition coefficient (Wildman–Crippen LogP) is 3.16. The number of anilines is 1. The molecule has 1 saturated carbocycles. The maximum Gasteiger partial charge on any atom is 0.259 e. The second-order valence-corrected chi connectivity index (χ2v) is 5.80. The fourth-order valence-electron chi connectivity index (χ4n) is 3.01. The maximum absolute atomic E-state index is 12.5. The zero-order valence-corrected chi connectivity index (χ0v) is 11.4. The minimum Gasteiger partial charge on any atom is -0.385 e. The van der Waals surface area contributed by atoms with E-state index in [4.69, 9.17) is 5.73 Å². The third kappa shape index (κ3) is 2.14. The first-order valence-electron chi connectivity index (χ1n) is 7.03. The van der Waals surface area contributed by atoms with Gasteiger partial charge in [-0.15, -0.1) is 0 Å². The topological polar surface area (TPSA) is 48.0 Å². The van der Waals surface area contributed by atoms with Crippen molar-refractivity contribution >= 4 is 16.6 Å². The Morgan fingerprint density at radius 1 is 1.32 bits per heavy atom. The maximum atomic E-state index is 12.5. The molecule has 3 heteroatoms. The number of nitrogens with two attached hydrogens (primary N) is 1. The van der Waals surface area contributed by atoms with Crippen molar-refractivity contribution in [3.8, 4) is 0 Å². The Morgan fingerprint density at radius 3 is 2.74 bits per heavy atom. The summed E-state index contributed by atoms with van der Waals surface area (Å²) in [5.74, 6) is 0.589. The summed E-state index contributed by atoms with van der Waals surface area (Å²) in [5.41, 5.74) is 6.46. The zero-order chi connectivity index (χ0) is 13.5. The highest BCUT2D eigenvalue weighted by Crippen LogP contribution is 2.51. The molecule has 3 rings (SSSR count). The Morgan fingerprint density at radius 2 is 2.05 bits per heavy atom. The SMILES string of the molecule is CCCC1(Cn2c(N)cc3ccccc3c2=O)CC1. The number of nitrogens with zero attached hydrogens (tertiary/aromatic N) is 1. The first-order valence-corrected chi connectivity index (χ1v) is 7.03. The molecule has 3 nitrogen and oxygen atoms in total. The summed E-state index contributed by atoms with van der Waals surface area (Å²) in [7, 11) is 0. The molecule has 0 unspecified atom stereocenters. The van der Waals surface area contributed by atoms with Crippen molar-refractivity contribution in [2.24, 2.45) is 5.41 Å². The lowest BCUT2D eigenvalue weighted by atomic mass is 10.0. The number of rotatable bonds is 4. The normalized spacial score (nSPS) is 16.7. The lowest BCUT2D eigenvalue weighted by molar-refractivity contribution is 0.386. The van der Waals surface area contributed by atoms with Gasteiger partial charge < -0.3 is 5.73 Å². The molecular formula is C16H20N2O. The van der Waals surface area contributed by atoms with Crippen LogP contribution in [0.2, 0.25) is 0 Å². The first kappa shape index (κ1) is 12.3. The van der Waals surface area contributed by atoms with Gasteiger partial charge in [-0.2, -0.15) is 0 Å². The second kappa shape index (κ2) is 4.41. The van der Waals surface area contributed by atoms with Gasteiger partial charge >= 0.3 is 0 Å². The minimum absolute atomic E-state index is 0.0537. The van der Waals surface area contributed by atoms with E-state index in [-0.39, 0.29) is 5.56 Å². The van der Waals surface area contributed by atoms with E-state index < -0.39 is 0 Å². The molecule has 0 spiro atoms. The molecule has 0 bridgehead atoms. The summed E-state index contributed by atoms with van der Waals surface area (Å²) < 4.78 is 1.77. The third-order valence-electron chi connectivity index (χ3n) is 4.28. The van der Waals surface area contributed by atoms with Crippen molar-refractivity contribution < 1.29 is 0 Å². The summed E-state index contributed by atoms with van der Waals surface area (Å²) in [6.07, 6.45) is 4.80. The number of hydrogen-bond donors (Lipinski definition) is 1. The van der Waals surface area contributed by atoms with Gasteiger partial charge in [0.2, 0.25) is 0 Å². The van der Waals surface area contributed by atoms with Crippen molar-refractivity contribution in [2.75, 3.05) is 5.73 Å². The van der Waals surface area contributed by atoms with Gasteiger partial charge in [0.25, 0.3) is 5.56 Å². The van der Waals surface area contributed by atoms with Gasteiger partial charge in [0.15, 0.2) is 0 Å². The fourth-order valence-corrected chi connectivity index (χ4v) is 3.01. The molecule has 0 saturated heterocycles. The van der Waals surface area contributed by atoms with Gasteiger partial charge in [-0.3, -0.25) is 9.36 Å². The largest absolute Gasteiger partial charge is 0.385 e. The number of nitrogen functional groups attached to an aromatic ring is 1. The summed E-state index contributed by atoms with van der Waals surface area (Å²) in [6, 6.07) is 9.58. The number of aromatic nitrogens is 1. The lowest BCUT2D eigenvalue weighted by Crippen LogP contribution is -2.27. The lowest BCUT2D eigenvalue weighted by Gasteiger charge is -2.18. The number of pyridine rings is 1. The highest BCUT2D eigenvalue weighted by atomic mass is 16.1. The Kier molecular flexibility index (Phi) is 2.85. The third-order valence-corrected chi connectivity index (χ3v) is 4.28. The van der Waals surface area contributed by atoms with Crippen LogP contribution in [0.5, 0.6) is 0 Å². The average Bonchev–Trinajstić information content (AvgIpc) is 3.15. The number of benzene rings is 1. The van der Waals surface area contributed by atoms with E-state index in [0.29, 0.717) is 11.2 Å². The molecule has 0 radical (unpaired) electrons. The van der Waals surface area contributed by atoms with Crippen LogP contribution < -0.4 is 11.3 Å². The summed E-state index contributed by atoms with van der Waals surface area (Å²) >= 11 is 0. The molecule has 0 amide bonds. The number of hydrogen-bond acceptors (Lipinski definition) is 2. The van der Waals surface area contributed by atoms with E-state index in [0.717, 1.165) is 17.3 Å². The minimum atomic E-state index is 0.0537. The van der Waals surface area contributed by atoms with Crippen LogP contribution in [0, 0.1) is 5.41 Å². The van der Waals surface area contributed by atoms with Crippen LogP contribution in [0.4, 0.5) is 5.82 Å². The van der Waals surface area contributed by atoms with Crippen LogP contribution in [0.3, 0.4) is 0 Å². The standard InChI is InChI=1S/C16H20N2O/c1-2-7-16(8-9-16)11-18-14(17)10-12-5-3-4-6-13(12)15(18)19/h3-6,10H,2,7-9,11,17H2,1H3. The van der Waals surface area contributed by atoms with Gasteiger partial charge in [-0.1, -0.05) is 31.5 Å². The predicted molar refractivity (Wildman–Crippen MR) is 79.2 cm³/mol. The van der Waals surface area contributed by atoms with E-state index in [1.54, 1.807) is 4.57 Å². The molecule has 0 aliphatic heterocycles. The molecule has 1 aromatic carbocycles. The molecule has 1 aliphatic carbocycles. The summed E-state index contributed by atoms with van der Waals surface area (Å²) in [4.78, 5) is 12.5. The molecular weight excluding hydrogens is 236 g/mol.